The van der Waals surface area contributed by atoms with Gasteiger partial charge in [0.25, 0.3) is 0 Å². The first kappa shape index (κ1) is 20.0. The quantitative estimate of drug-likeness (QED) is 0.433. The molecule has 1 aliphatic carbocycles. The van der Waals surface area contributed by atoms with Gasteiger partial charge in [0, 0.05) is 10.4 Å². The second-order valence-corrected chi connectivity index (χ2v) is 9.72. The van der Waals surface area contributed by atoms with Crippen LogP contribution in [0.4, 0.5) is 0 Å². The van der Waals surface area contributed by atoms with E-state index in [2.05, 4.69) is 26.8 Å². The Morgan fingerprint density at radius 2 is 1.88 bits per heavy atom. The Hall–Kier alpha value is -1.32. The summed E-state index contributed by atoms with van der Waals surface area (Å²) in [6.45, 7) is 8.77. The van der Waals surface area contributed by atoms with Crippen molar-refractivity contribution in [3.8, 4) is 0 Å². The molecule has 0 spiro atoms. The molecule has 0 aliphatic heterocycles. The average Bonchev–Trinajstić information content (AvgIpc) is 2.52. The molecule has 1 aliphatic rings. The molecule has 25 heavy (non-hydrogen) atoms. The van der Waals surface area contributed by atoms with Gasteiger partial charge in [-0.05, 0) is 75.3 Å². The zero-order valence-corrected chi connectivity index (χ0v) is 17.0. The Morgan fingerprint density at radius 3 is 2.48 bits per heavy atom. The Balaban J connectivity index is 2.13. The molecule has 0 amide bonds. The van der Waals surface area contributed by atoms with Gasteiger partial charge in [-0.25, -0.2) is 8.42 Å². The highest BCUT2D eigenvalue weighted by Crippen LogP contribution is 2.42. The second kappa shape index (κ2) is 7.92. The topological polar surface area (TPSA) is 34.1 Å². The fourth-order valence-corrected chi connectivity index (χ4v) is 4.55. The Bertz CT molecular complexity index is 810. The lowest BCUT2D eigenvalue weighted by Crippen LogP contribution is -2.20. The van der Waals surface area contributed by atoms with Crippen LogP contribution in [0.1, 0.15) is 53.4 Å². The molecule has 4 heteroatoms. The van der Waals surface area contributed by atoms with Crippen LogP contribution in [0.5, 0.6) is 0 Å². The first-order valence-corrected chi connectivity index (χ1v) is 10.6. The van der Waals surface area contributed by atoms with E-state index in [4.69, 9.17) is 11.6 Å². The Morgan fingerprint density at radius 1 is 1.24 bits per heavy atom. The van der Waals surface area contributed by atoms with Crippen molar-refractivity contribution >= 4 is 21.4 Å². The average molecular weight is 379 g/mol. The smallest absolute Gasteiger partial charge is 0.199 e. The van der Waals surface area contributed by atoms with Crippen LogP contribution in [0.15, 0.2) is 63.4 Å². The molecule has 0 radical (unpaired) electrons. The van der Waals surface area contributed by atoms with Gasteiger partial charge in [-0.3, -0.25) is 0 Å². The van der Waals surface area contributed by atoms with E-state index in [-0.39, 0.29) is 10.3 Å². The number of sulfone groups is 1. The SMILES string of the molecule is CC(C=CS(=O)(=O)c1ccc(Cl)cc1)=CCC1=C(C)CCCC1(C)C. The van der Waals surface area contributed by atoms with E-state index in [9.17, 15) is 8.42 Å². The summed E-state index contributed by atoms with van der Waals surface area (Å²) < 4.78 is 24.7. The maximum absolute atomic E-state index is 12.3. The molecule has 1 aromatic carbocycles. The largest absolute Gasteiger partial charge is 0.219 e. The molecular formula is C21H27ClO2S. The molecule has 1 aromatic rings. The van der Waals surface area contributed by atoms with Gasteiger partial charge in [-0.1, -0.05) is 48.2 Å². The summed E-state index contributed by atoms with van der Waals surface area (Å²) in [5, 5.41) is 1.80. The van der Waals surface area contributed by atoms with Crippen molar-refractivity contribution in [1.82, 2.24) is 0 Å². The van der Waals surface area contributed by atoms with E-state index in [1.165, 1.54) is 47.9 Å². The normalized spacial score (nSPS) is 18.8. The zero-order chi connectivity index (χ0) is 18.7. The van der Waals surface area contributed by atoms with Crippen molar-refractivity contribution in [3.05, 3.63) is 63.6 Å². The van der Waals surface area contributed by atoms with Crippen LogP contribution in [-0.4, -0.2) is 8.42 Å². The van der Waals surface area contributed by atoms with E-state index < -0.39 is 9.84 Å². The molecule has 2 rings (SSSR count). The van der Waals surface area contributed by atoms with E-state index in [0.29, 0.717) is 5.02 Å². The fourth-order valence-electron chi connectivity index (χ4n) is 3.36. The standard InChI is InChI=1S/C21H27ClO2S/c1-16(7-12-20-17(2)6-5-14-21(20,3)4)13-15-25(23,24)19-10-8-18(22)9-11-19/h7-11,13,15H,5-6,12,14H2,1-4H3. The van der Waals surface area contributed by atoms with E-state index >= 15 is 0 Å². The molecule has 0 heterocycles. The number of allylic oxidation sites excluding steroid dienone is 5. The maximum Gasteiger partial charge on any atom is 0.199 e. The van der Waals surface area contributed by atoms with Crippen molar-refractivity contribution in [1.29, 1.82) is 0 Å². The van der Waals surface area contributed by atoms with Crippen LogP contribution >= 0.6 is 11.6 Å². The minimum atomic E-state index is -3.44. The summed E-state index contributed by atoms with van der Waals surface area (Å²) in [5.74, 6) is 0. The molecule has 0 saturated heterocycles. The highest BCUT2D eigenvalue weighted by atomic mass is 35.5. The number of halogens is 1. The van der Waals surface area contributed by atoms with Gasteiger partial charge in [0.15, 0.2) is 9.84 Å². The predicted octanol–water partition coefficient (Wildman–Crippen LogP) is 6.49. The summed E-state index contributed by atoms with van der Waals surface area (Å²) in [6, 6.07) is 6.23. The third-order valence-electron chi connectivity index (χ3n) is 4.97. The Labute approximate surface area is 157 Å². The van der Waals surface area contributed by atoms with Gasteiger partial charge in [0.05, 0.1) is 4.90 Å². The van der Waals surface area contributed by atoms with Crippen LogP contribution in [0, 0.1) is 5.41 Å². The lowest BCUT2D eigenvalue weighted by molar-refractivity contribution is 0.360. The van der Waals surface area contributed by atoms with Crippen LogP contribution in [0.25, 0.3) is 0 Å². The number of rotatable bonds is 5. The second-order valence-electron chi connectivity index (χ2n) is 7.45. The molecule has 2 nitrogen and oxygen atoms in total. The van der Waals surface area contributed by atoms with Crippen molar-refractivity contribution in [2.75, 3.05) is 0 Å². The Kier molecular flexibility index (Phi) is 6.34. The lowest BCUT2D eigenvalue weighted by atomic mass is 9.71. The van der Waals surface area contributed by atoms with Gasteiger partial charge in [-0.2, -0.15) is 0 Å². The fraction of sp³-hybridized carbons (Fsp3) is 0.429. The van der Waals surface area contributed by atoms with Gasteiger partial charge < -0.3 is 0 Å². The minimum Gasteiger partial charge on any atom is -0.219 e. The predicted molar refractivity (Wildman–Crippen MR) is 106 cm³/mol. The van der Waals surface area contributed by atoms with Crippen molar-refractivity contribution in [3.63, 3.8) is 0 Å². The van der Waals surface area contributed by atoms with Crippen LogP contribution in [-0.2, 0) is 9.84 Å². The number of hydrogen-bond donors (Lipinski definition) is 0. The summed E-state index contributed by atoms with van der Waals surface area (Å²) in [7, 11) is -3.44. The van der Waals surface area contributed by atoms with Gasteiger partial charge in [0.2, 0.25) is 0 Å². The first-order valence-electron chi connectivity index (χ1n) is 8.66. The minimum absolute atomic E-state index is 0.234. The first-order chi connectivity index (χ1) is 11.6. The van der Waals surface area contributed by atoms with Crippen molar-refractivity contribution in [2.45, 2.75) is 58.3 Å². The molecule has 0 atom stereocenters. The highest BCUT2D eigenvalue weighted by molar-refractivity contribution is 7.94. The molecule has 0 bridgehead atoms. The zero-order valence-electron chi connectivity index (χ0n) is 15.5. The lowest BCUT2D eigenvalue weighted by Gasteiger charge is -2.34. The van der Waals surface area contributed by atoms with E-state index in [1.807, 2.05) is 6.92 Å². The molecule has 0 fully saturated rings. The molecule has 0 saturated carbocycles. The number of hydrogen-bond acceptors (Lipinski definition) is 2. The van der Waals surface area contributed by atoms with Gasteiger partial charge >= 0.3 is 0 Å². The van der Waals surface area contributed by atoms with Gasteiger partial charge in [0.1, 0.15) is 0 Å². The monoisotopic (exact) mass is 378 g/mol. The third-order valence-corrected chi connectivity index (χ3v) is 6.64. The van der Waals surface area contributed by atoms with Crippen LogP contribution < -0.4 is 0 Å². The molecule has 0 N–H and O–H groups in total. The summed E-state index contributed by atoms with van der Waals surface area (Å²) >= 11 is 5.81. The summed E-state index contributed by atoms with van der Waals surface area (Å²) in [5.41, 5.74) is 4.17. The van der Waals surface area contributed by atoms with Crippen LogP contribution in [0.3, 0.4) is 0 Å². The molecule has 0 aromatic heterocycles. The van der Waals surface area contributed by atoms with Gasteiger partial charge in [-0.15, -0.1) is 0 Å². The van der Waals surface area contributed by atoms with Crippen molar-refractivity contribution in [2.24, 2.45) is 5.41 Å². The van der Waals surface area contributed by atoms with E-state index in [1.54, 1.807) is 18.2 Å². The van der Waals surface area contributed by atoms with E-state index in [0.717, 1.165) is 12.0 Å². The van der Waals surface area contributed by atoms with Crippen molar-refractivity contribution < 1.29 is 8.42 Å². The molecular weight excluding hydrogens is 352 g/mol. The summed E-state index contributed by atoms with van der Waals surface area (Å²) in [6.07, 6.45) is 8.33. The highest BCUT2D eigenvalue weighted by Gasteiger charge is 2.27. The summed E-state index contributed by atoms with van der Waals surface area (Å²) in [4.78, 5) is 0.257. The molecule has 0 unspecified atom stereocenters. The maximum atomic E-state index is 12.3. The third kappa shape index (κ3) is 5.32. The van der Waals surface area contributed by atoms with Crippen LogP contribution in [0.2, 0.25) is 5.02 Å². The number of benzene rings is 1. The molecule has 136 valence electrons.